The summed E-state index contributed by atoms with van der Waals surface area (Å²) in [7, 11) is 0. The molecule has 1 fully saturated rings. The van der Waals surface area contributed by atoms with Crippen molar-refractivity contribution in [3.63, 3.8) is 0 Å². The first-order chi connectivity index (χ1) is 11.3. The number of likely N-dealkylation sites (tertiary alicyclic amines) is 1. The van der Waals surface area contributed by atoms with Crippen LogP contribution in [-0.2, 0) is 11.3 Å². The van der Waals surface area contributed by atoms with E-state index in [9.17, 15) is 4.79 Å². The van der Waals surface area contributed by atoms with E-state index in [-0.39, 0.29) is 5.91 Å². The number of benzene rings is 1. The fourth-order valence-corrected chi connectivity index (χ4v) is 2.63. The van der Waals surface area contributed by atoms with Crippen molar-refractivity contribution >= 4 is 17.5 Å². The number of halogens is 1. The second-order valence-corrected chi connectivity index (χ2v) is 5.86. The van der Waals surface area contributed by atoms with Crippen LogP contribution in [0.25, 0.3) is 11.5 Å². The van der Waals surface area contributed by atoms with Crippen molar-refractivity contribution in [3.05, 3.63) is 36.2 Å². The van der Waals surface area contributed by atoms with Crippen molar-refractivity contribution in [2.24, 2.45) is 0 Å². The molecule has 1 aromatic carbocycles. The van der Waals surface area contributed by atoms with Crippen LogP contribution in [-0.4, -0.2) is 34.8 Å². The van der Waals surface area contributed by atoms with Crippen molar-refractivity contribution in [2.45, 2.75) is 25.8 Å². The van der Waals surface area contributed by atoms with Crippen LogP contribution in [0.1, 0.15) is 25.0 Å². The van der Waals surface area contributed by atoms with E-state index in [0.717, 1.165) is 36.4 Å². The Labute approximate surface area is 140 Å². The molecule has 1 aliphatic heterocycles. The van der Waals surface area contributed by atoms with Crippen molar-refractivity contribution in [1.82, 2.24) is 9.88 Å². The van der Waals surface area contributed by atoms with Gasteiger partial charge in [-0.25, -0.2) is 4.98 Å². The van der Waals surface area contributed by atoms with E-state index in [0.29, 0.717) is 31.3 Å². The zero-order valence-electron chi connectivity index (χ0n) is 12.8. The van der Waals surface area contributed by atoms with Gasteiger partial charge in [0.2, 0.25) is 11.8 Å². The number of alkyl halides is 1. The fraction of sp³-hybridized carbons (Fsp3) is 0.412. The summed E-state index contributed by atoms with van der Waals surface area (Å²) in [4.78, 5) is 17.9. The van der Waals surface area contributed by atoms with E-state index in [2.05, 4.69) is 4.98 Å². The van der Waals surface area contributed by atoms with E-state index in [1.807, 2.05) is 29.2 Å². The Balaban J connectivity index is 1.62. The van der Waals surface area contributed by atoms with Gasteiger partial charge in [-0.05, 0) is 37.1 Å². The summed E-state index contributed by atoms with van der Waals surface area (Å²) in [6.07, 6.45) is 4.00. The molecule has 6 heteroatoms. The molecule has 0 unspecified atom stereocenters. The number of oxazole rings is 1. The second-order valence-electron chi connectivity index (χ2n) is 5.48. The van der Waals surface area contributed by atoms with E-state index < -0.39 is 0 Å². The number of carbonyl (C=O) groups is 1. The summed E-state index contributed by atoms with van der Waals surface area (Å²) >= 11 is 5.62. The predicted molar refractivity (Wildman–Crippen MR) is 87.4 cm³/mol. The van der Waals surface area contributed by atoms with Gasteiger partial charge in [-0.15, -0.1) is 11.6 Å². The van der Waals surface area contributed by atoms with Gasteiger partial charge in [0, 0.05) is 24.4 Å². The average molecular weight is 335 g/mol. The quantitative estimate of drug-likeness (QED) is 0.574. The van der Waals surface area contributed by atoms with Crippen LogP contribution in [0.4, 0.5) is 0 Å². The Kier molecular flexibility index (Phi) is 5.18. The van der Waals surface area contributed by atoms with Crippen LogP contribution >= 0.6 is 11.6 Å². The highest BCUT2D eigenvalue weighted by Gasteiger charge is 2.21. The van der Waals surface area contributed by atoms with Gasteiger partial charge in [-0.1, -0.05) is 0 Å². The number of ether oxygens (including phenoxy) is 1. The maximum absolute atomic E-state index is 11.6. The lowest BCUT2D eigenvalue weighted by Gasteiger charge is -2.12. The number of hydrogen-bond acceptors (Lipinski definition) is 4. The summed E-state index contributed by atoms with van der Waals surface area (Å²) in [6.45, 7) is 1.92. The highest BCUT2D eigenvalue weighted by molar-refractivity contribution is 6.17. The monoisotopic (exact) mass is 334 g/mol. The van der Waals surface area contributed by atoms with Crippen molar-refractivity contribution in [3.8, 4) is 17.2 Å². The largest absolute Gasteiger partial charge is 0.494 e. The molecule has 1 saturated heterocycles. The summed E-state index contributed by atoms with van der Waals surface area (Å²) in [6, 6.07) is 7.59. The van der Waals surface area contributed by atoms with Crippen LogP contribution in [0.2, 0.25) is 0 Å². The molecule has 0 saturated carbocycles. The third-order valence-electron chi connectivity index (χ3n) is 3.72. The van der Waals surface area contributed by atoms with Crippen LogP contribution in [0, 0.1) is 0 Å². The molecule has 5 nitrogen and oxygen atoms in total. The molecule has 0 spiro atoms. The molecule has 3 rings (SSSR count). The van der Waals surface area contributed by atoms with Gasteiger partial charge in [0.25, 0.3) is 0 Å². The third kappa shape index (κ3) is 4.05. The van der Waals surface area contributed by atoms with E-state index >= 15 is 0 Å². The van der Waals surface area contributed by atoms with E-state index in [1.165, 1.54) is 0 Å². The van der Waals surface area contributed by atoms with E-state index in [1.54, 1.807) is 6.26 Å². The average Bonchev–Trinajstić information content (AvgIpc) is 3.19. The minimum atomic E-state index is 0.188. The molecule has 0 radical (unpaired) electrons. The zero-order chi connectivity index (χ0) is 16.1. The Bertz CT molecular complexity index is 654. The van der Waals surface area contributed by atoms with E-state index in [4.69, 9.17) is 20.8 Å². The van der Waals surface area contributed by atoms with Crippen LogP contribution in [0.3, 0.4) is 0 Å². The maximum atomic E-state index is 11.6. The first-order valence-corrected chi connectivity index (χ1v) is 8.31. The first kappa shape index (κ1) is 15.9. The first-order valence-electron chi connectivity index (χ1n) is 7.77. The molecular weight excluding hydrogens is 316 g/mol. The number of aromatic nitrogens is 1. The van der Waals surface area contributed by atoms with Crippen molar-refractivity contribution < 1.29 is 13.9 Å². The lowest BCUT2D eigenvalue weighted by atomic mass is 10.2. The van der Waals surface area contributed by atoms with Gasteiger partial charge >= 0.3 is 0 Å². The summed E-state index contributed by atoms with van der Waals surface area (Å²) in [5.41, 5.74) is 1.66. The molecule has 0 atom stereocenters. The molecule has 2 heterocycles. The predicted octanol–water partition coefficient (Wildman–Crippen LogP) is 3.47. The molecule has 1 aliphatic rings. The Hall–Kier alpha value is -2.01. The lowest BCUT2D eigenvalue weighted by Crippen LogP contribution is -2.23. The Morgan fingerprint density at radius 3 is 2.83 bits per heavy atom. The molecule has 23 heavy (non-hydrogen) atoms. The number of amides is 1. The molecule has 0 aliphatic carbocycles. The minimum Gasteiger partial charge on any atom is -0.494 e. The summed E-state index contributed by atoms with van der Waals surface area (Å²) < 4.78 is 11.1. The van der Waals surface area contributed by atoms with Gasteiger partial charge in [-0.3, -0.25) is 4.79 Å². The Morgan fingerprint density at radius 1 is 1.30 bits per heavy atom. The molecule has 0 N–H and O–H groups in total. The standard InChI is InChI=1S/C17H19ClN2O3/c18-8-2-10-22-15-6-4-13(5-7-15)17-19-14(12-23-17)11-20-9-1-3-16(20)21/h4-7,12H,1-3,8-11H2. The van der Waals surface area contributed by atoms with Crippen molar-refractivity contribution in [2.75, 3.05) is 19.0 Å². The molecule has 2 aromatic rings. The zero-order valence-corrected chi connectivity index (χ0v) is 13.6. The highest BCUT2D eigenvalue weighted by atomic mass is 35.5. The number of nitrogens with zero attached hydrogens (tertiary/aromatic N) is 2. The molecule has 122 valence electrons. The van der Waals surface area contributed by atoms with Gasteiger partial charge in [0.05, 0.1) is 18.8 Å². The third-order valence-corrected chi connectivity index (χ3v) is 3.99. The van der Waals surface area contributed by atoms with Gasteiger partial charge < -0.3 is 14.1 Å². The summed E-state index contributed by atoms with van der Waals surface area (Å²) in [5, 5.41) is 0. The normalized spacial score (nSPS) is 14.5. The SMILES string of the molecule is O=C1CCCN1Cc1coc(-c2ccc(OCCCCl)cc2)n1. The van der Waals surface area contributed by atoms with Crippen LogP contribution in [0.15, 0.2) is 34.9 Å². The highest BCUT2D eigenvalue weighted by Crippen LogP contribution is 2.23. The topological polar surface area (TPSA) is 55.6 Å². The van der Waals surface area contributed by atoms with Gasteiger partial charge in [-0.2, -0.15) is 0 Å². The van der Waals surface area contributed by atoms with Gasteiger partial charge in [0.15, 0.2) is 0 Å². The van der Waals surface area contributed by atoms with Crippen molar-refractivity contribution in [1.29, 1.82) is 0 Å². The number of rotatable bonds is 7. The second kappa shape index (κ2) is 7.51. The Morgan fingerprint density at radius 2 is 2.13 bits per heavy atom. The van der Waals surface area contributed by atoms with Crippen LogP contribution < -0.4 is 4.74 Å². The number of carbonyl (C=O) groups excluding carboxylic acids is 1. The maximum Gasteiger partial charge on any atom is 0.226 e. The fourth-order valence-electron chi connectivity index (χ4n) is 2.52. The minimum absolute atomic E-state index is 0.188. The molecule has 0 bridgehead atoms. The summed E-state index contributed by atoms with van der Waals surface area (Å²) in [5.74, 6) is 2.14. The lowest BCUT2D eigenvalue weighted by molar-refractivity contribution is -0.128. The molecule has 1 amide bonds. The van der Waals surface area contributed by atoms with Gasteiger partial charge in [0.1, 0.15) is 12.0 Å². The molecular formula is C17H19ClN2O3. The molecule has 1 aromatic heterocycles. The smallest absolute Gasteiger partial charge is 0.226 e. The van der Waals surface area contributed by atoms with Crippen LogP contribution in [0.5, 0.6) is 5.75 Å². The number of hydrogen-bond donors (Lipinski definition) is 0.